The van der Waals surface area contributed by atoms with Gasteiger partial charge >= 0.3 is 0 Å². The molecule has 0 saturated heterocycles. The van der Waals surface area contributed by atoms with E-state index in [4.69, 9.17) is 4.74 Å². The lowest BCUT2D eigenvalue weighted by Gasteiger charge is -2.36. The summed E-state index contributed by atoms with van der Waals surface area (Å²) in [6.07, 6.45) is 2.33. The molecule has 0 saturated carbocycles. The maximum absolute atomic E-state index is 12.5. The standard InChI is InChI=1S/C17H17NO4/c1-10-9-14(11(2)22-15(10)7-8-19)18-16(20)12-5-3-4-6-13(12)17(18)21/h3-6,8-9,11,14-15H,7H2,1-2H3/t11-,14-,15-/m1/s1. The number of benzene rings is 1. The predicted octanol–water partition coefficient (Wildman–Crippen LogP) is 1.97. The van der Waals surface area contributed by atoms with Crippen LogP contribution < -0.4 is 0 Å². The van der Waals surface area contributed by atoms with Crippen LogP contribution in [0.3, 0.4) is 0 Å². The van der Waals surface area contributed by atoms with Gasteiger partial charge in [-0.1, -0.05) is 18.2 Å². The van der Waals surface area contributed by atoms with Crippen LogP contribution in [0.2, 0.25) is 0 Å². The Morgan fingerprint density at radius 3 is 2.32 bits per heavy atom. The van der Waals surface area contributed by atoms with Gasteiger partial charge in [0.05, 0.1) is 29.4 Å². The minimum Gasteiger partial charge on any atom is -0.368 e. The van der Waals surface area contributed by atoms with Crippen LogP contribution in [0.15, 0.2) is 35.9 Å². The molecule has 2 amide bonds. The predicted molar refractivity (Wildman–Crippen MR) is 79.5 cm³/mol. The zero-order valence-corrected chi connectivity index (χ0v) is 12.5. The van der Waals surface area contributed by atoms with E-state index in [0.29, 0.717) is 11.1 Å². The van der Waals surface area contributed by atoms with Crippen LogP contribution in [0.1, 0.15) is 41.0 Å². The number of carbonyl (C=O) groups excluding carboxylic acids is 3. The number of carbonyl (C=O) groups is 3. The summed E-state index contributed by atoms with van der Waals surface area (Å²) in [6, 6.07) is 6.37. The van der Waals surface area contributed by atoms with E-state index in [-0.39, 0.29) is 30.4 Å². The Balaban J connectivity index is 1.94. The van der Waals surface area contributed by atoms with E-state index in [1.165, 1.54) is 4.90 Å². The van der Waals surface area contributed by atoms with Crippen molar-refractivity contribution < 1.29 is 19.1 Å². The van der Waals surface area contributed by atoms with E-state index < -0.39 is 6.04 Å². The van der Waals surface area contributed by atoms with Gasteiger partial charge in [0.25, 0.3) is 11.8 Å². The highest BCUT2D eigenvalue weighted by Crippen LogP contribution is 2.31. The normalized spacial score (nSPS) is 27.6. The number of hydrogen-bond acceptors (Lipinski definition) is 4. The lowest BCUT2D eigenvalue weighted by Crippen LogP contribution is -2.49. The second kappa shape index (κ2) is 5.50. The van der Waals surface area contributed by atoms with E-state index >= 15 is 0 Å². The van der Waals surface area contributed by atoms with E-state index in [9.17, 15) is 14.4 Å². The molecule has 0 spiro atoms. The molecule has 2 aliphatic rings. The number of hydrogen-bond donors (Lipinski definition) is 0. The molecular weight excluding hydrogens is 282 g/mol. The summed E-state index contributed by atoms with van der Waals surface area (Å²) in [6.45, 7) is 3.67. The topological polar surface area (TPSA) is 63.7 Å². The molecule has 0 unspecified atom stereocenters. The molecule has 5 nitrogen and oxygen atoms in total. The zero-order valence-electron chi connectivity index (χ0n) is 12.5. The third-order valence-electron chi connectivity index (χ3n) is 4.24. The van der Waals surface area contributed by atoms with Crippen LogP contribution in [0.4, 0.5) is 0 Å². The van der Waals surface area contributed by atoms with Crippen molar-refractivity contribution >= 4 is 18.1 Å². The fraction of sp³-hybridized carbons (Fsp3) is 0.353. The number of ether oxygens (including phenoxy) is 1. The van der Waals surface area contributed by atoms with Gasteiger partial charge in [-0.15, -0.1) is 0 Å². The van der Waals surface area contributed by atoms with Gasteiger partial charge in [0.1, 0.15) is 6.29 Å². The lowest BCUT2D eigenvalue weighted by atomic mass is 9.98. The SMILES string of the molecule is CC1=C[C@@H](N2C(=O)c3ccccc3C2=O)[C@@H](C)O[C@@H]1CC=O. The maximum Gasteiger partial charge on any atom is 0.262 e. The second-order valence-corrected chi connectivity index (χ2v) is 5.66. The molecular formula is C17H17NO4. The number of amides is 2. The van der Waals surface area contributed by atoms with Gasteiger partial charge < -0.3 is 9.53 Å². The molecule has 0 aliphatic carbocycles. The highest BCUT2D eigenvalue weighted by Gasteiger charge is 2.43. The minimum absolute atomic E-state index is 0.279. The highest BCUT2D eigenvalue weighted by atomic mass is 16.5. The summed E-state index contributed by atoms with van der Waals surface area (Å²) < 4.78 is 5.81. The molecule has 0 bridgehead atoms. The van der Waals surface area contributed by atoms with Gasteiger partial charge in [-0.2, -0.15) is 0 Å². The van der Waals surface area contributed by atoms with Crippen molar-refractivity contribution in [2.45, 2.75) is 38.5 Å². The molecule has 114 valence electrons. The summed E-state index contributed by atoms with van der Waals surface area (Å²) in [4.78, 5) is 37.0. The molecule has 2 aliphatic heterocycles. The number of fused-ring (bicyclic) bond motifs is 1. The molecule has 0 fully saturated rings. The fourth-order valence-corrected chi connectivity index (χ4v) is 3.05. The van der Waals surface area contributed by atoms with Gasteiger partial charge in [-0.05, 0) is 31.6 Å². The van der Waals surface area contributed by atoms with Crippen molar-refractivity contribution in [1.82, 2.24) is 4.90 Å². The molecule has 0 N–H and O–H groups in total. The van der Waals surface area contributed by atoms with Crippen LogP contribution in [0.5, 0.6) is 0 Å². The Kier molecular flexibility index (Phi) is 3.66. The third kappa shape index (κ3) is 2.18. The Hall–Kier alpha value is -2.27. The Morgan fingerprint density at radius 2 is 1.77 bits per heavy atom. The molecule has 0 radical (unpaired) electrons. The average Bonchev–Trinajstić information content (AvgIpc) is 2.76. The zero-order chi connectivity index (χ0) is 15.9. The van der Waals surface area contributed by atoms with Crippen LogP contribution in [-0.4, -0.2) is 41.3 Å². The van der Waals surface area contributed by atoms with Gasteiger partial charge in [0.2, 0.25) is 0 Å². The van der Waals surface area contributed by atoms with E-state index in [0.717, 1.165) is 11.9 Å². The first kappa shape index (κ1) is 14.7. The number of aldehydes is 1. The Bertz CT molecular complexity index is 644. The van der Waals surface area contributed by atoms with Crippen molar-refractivity contribution in [1.29, 1.82) is 0 Å². The van der Waals surface area contributed by atoms with Crippen molar-refractivity contribution in [3.63, 3.8) is 0 Å². The van der Waals surface area contributed by atoms with Gasteiger partial charge in [-0.25, -0.2) is 0 Å². The Morgan fingerprint density at radius 1 is 1.18 bits per heavy atom. The van der Waals surface area contributed by atoms with Crippen LogP contribution in [-0.2, 0) is 9.53 Å². The van der Waals surface area contributed by atoms with Crippen molar-refractivity contribution in [2.75, 3.05) is 0 Å². The van der Waals surface area contributed by atoms with Crippen molar-refractivity contribution in [3.8, 4) is 0 Å². The van der Waals surface area contributed by atoms with Crippen molar-refractivity contribution in [3.05, 3.63) is 47.0 Å². The smallest absolute Gasteiger partial charge is 0.262 e. The first-order valence-corrected chi connectivity index (χ1v) is 7.29. The van der Waals surface area contributed by atoms with Gasteiger partial charge in [0.15, 0.2) is 0 Å². The minimum atomic E-state index is -0.449. The monoisotopic (exact) mass is 299 g/mol. The summed E-state index contributed by atoms with van der Waals surface area (Å²) in [5.41, 5.74) is 1.73. The summed E-state index contributed by atoms with van der Waals surface area (Å²) in [7, 11) is 0. The quantitative estimate of drug-likeness (QED) is 0.486. The largest absolute Gasteiger partial charge is 0.368 e. The highest BCUT2D eigenvalue weighted by molar-refractivity contribution is 6.21. The van der Waals surface area contributed by atoms with Crippen molar-refractivity contribution in [2.24, 2.45) is 0 Å². The molecule has 5 heteroatoms. The third-order valence-corrected chi connectivity index (χ3v) is 4.24. The van der Waals surface area contributed by atoms with Crippen LogP contribution >= 0.6 is 0 Å². The van der Waals surface area contributed by atoms with E-state index in [1.54, 1.807) is 24.3 Å². The molecule has 2 heterocycles. The fourth-order valence-electron chi connectivity index (χ4n) is 3.05. The lowest BCUT2D eigenvalue weighted by molar-refractivity contribution is -0.111. The molecule has 3 rings (SSSR count). The molecule has 22 heavy (non-hydrogen) atoms. The molecule has 0 aromatic heterocycles. The maximum atomic E-state index is 12.5. The van der Waals surface area contributed by atoms with Gasteiger partial charge in [-0.3, -0.25) is 14.5 Å². The summed E-state index contributed by atoms with van der Waals surface area (Å²) in [5.74, 6) is -0.585. The first-order chi connectivity index (χ1) is 10.5. The van der Waals surface area contributed by atoms with E-state index in [2.05, 4.69) is 0 Å². The molecule has 1 aromatic carbocycles. The second-order valence-electron chi connectivity index (χ2n) is 5.66. The summed E-state index contributed by atoms with van der Waals surface area (Å²) >= 11 is 0. The van der Waals surface area contributed by atoms with E-state index in [1.807, 2.05) is 19.9 Å². The number of rotatable bonds is 3. The first-order valence-electron chi connectivity index (χ1n) is 7.29. The van der Waals surface area contributed by atoms with Crippen LogP contribution in [0, 0.1) is 0 Å². The molecule has 1 aromatic rings. The number of imide groups is 1. The van der Waals surface area contributed by atoms with Crippen LogP contribution in [0.25, 0.3) is 0 Å². The van der Waals surface area contributed by atoms with Gasteiger partial charge in [0, 0.05) is 6.42 Å². The summed E-state index contributed by atoms with van der Waals surface area (Å²) in [5, 5.41) is 0. The number of nitrogens with zero attached hydrogens (tertiary/aromatic N) is 1. The average molecular weight is 299 g/mol. The Labute approximate surface area is 128 Å². The molecule has 3 atom stereocenters.